The van der Waals surface area contributed by atoms with Gasteiger partial charge in [-0.2, -0.15) is 0 Å². The number of rotatable bonds is 5. The molecule has 0 atom stereocenters. The van der Waals surface area contributed by atoms with E-state index in [0.717, 1.165) is 11.1 Å². The zero-order chi connectivity index (χ0) is 22.8. The standard InChI is InChI=1S/C25H15Cl2N3O3/c26-16-1-5-19(20(27)13-16)22-7-3-18(32-22)4-8-24(31)29-17-2-6-23-21(14-17)30-25(33-23)15-9-11-28-12-10-15/h1-14H,(H,29,31). The fourth-order valence-corrected chi connectivity index (χ4v) is 3.74. The van der Waals surface area contributed by atoms with Crippen LogP contribution >= 0.6 is 23.2 Å². The van der Waals surface area contributed by atoms with Gasteiger partial charge in [0.15, 0.2) is 5.58 Å². The van der Waals surface area contributed by atoms with E-state index in [1.54, 1.807) is 67.0 Å². The van der Waals surface area contributed by atoms with Gasteiger partial charge in [-0.25, -0.2) is 4.98 Å². The van der Waals surface area contributed by atoms with E-state index in [2.05, 4.69) is 15.3 Å². The minimum Gasteiger partial charge on any atom is -0.457 e. The lowest BCUT2D eigenvalue weighted by Gasteiger charge is -2.01. The Hall–Kier alpha value is -3.87. The number of carbonyl (C=O) groups excluding carboxylic acids is 1. The summed E-state index contributed by atoms with van der Waals surface area (Å²) in [6, 6.07) is 17.6. The lowest BCUT2D eigenvalue weighted by Crippen LogP contribution is -2.07. The first-order valence-electron chi connectivity index (χ1n) is 9.90. The summed E-state index contributed by atoms with van der Waals surface area (Å²) in [6.45, 7) is 0. The second-order valence-corrected chi connectivity index (χ2v) is 7.93. The molecule has 0 bridgehead atoms. The molecule has 0 saturated carbocycles. The van der Waals surface area contributed by atoms with Crippen molar-refractivity contribution in [1.29, 1.82) is 0 Å². The maximum absolute atomic E-state index is 12.4. The number of oxazole rings is 1. The van der Waals surface area contributed by atoms with E-state index in [1.807, 2.05) is 12.1 Å². The number of carbonyl (C=O) groups is 1. The molecule has 0 aliphatic carbocycles. The number of fused-ring (bicyclic) bond motifs is 1. The molecule has 0 aliphatic heterocycles. The van der Waals surface area contributed by atoms with Crippen molar-refractivity contribution in [3.05, 3.63) is 94.9 Å². The van der Waals surface area contributed by atoms with Crippen molar-refractivity contribution in [3.8, 4) is 22.8 Å². The smallest absolute Gasteiger partial charge is 0.248 e. The molecular weight excluding hydrogens is 461 g/mol. The number of halogens is 2. The minimum absolute atomic E-state index is 0.310. The van der Waals surface area contributed by atoms with Crippen molar-refractivity contribution in [2.75, 3.05) is 5.32 Å². The van der Waals surface area contributed by atoms with E-state index in [0.29, 0.717) is 44.2 Å². The molecule has 3 heterocycles. The molecule has 0 spiro atoms. The zero-order valence-corrected chi connectivity index (χ0v) is 18.5. The summed E-state index contributed by atoms with van der Waals surface area (Å²) in [5.74, 6) is 1.28. The summed E-state index contributed by atoms with van der Waals surface area (Å²) in [5.41, 5.74) is 3.41. The lowest BCUT2D eigenvalue weighted by atomic mass is 10.2. The highest BCUT2D eigenvalue weighted by Gasteiger charge is 2.10. The third-order valence-corrected chi connectivity index (χ3v) is 5.35. The average Bonchev–Trinajstić information content (AvgIpc) is 3.45. The first-order valence-corrected chi connectivity index (χ1v) is 10.7. The van der Waals surface area contributed by atoms with Gasteiger partial charge in [-0.15, -0.1) is 0 Å². The topological polar surface area (TPSA) is 81.2 Å². The molecule has 2 aromatic carbocycles. The van der Waals surface area contributed by atoms with E-state index in [-0.39, 0.29) is 5.91 Å². The Morgan fingerprint density at radius 3 is 2.61 bits per heavy atom. The molecule has 1 N–H and O–H groups in total. The Kier molecular flexibility index (Phi) is 5.69. The molecule has 1 amide bonds. The Balaban J connectivity index is 1.28. The van der Waals surface area contributed by atoms with Crippen molar-refractivity contribution in [2.45, 2.75) is 0 Å². The molecule has 3 aromatic heterocycles. The normalized spacial score (nSPS) is 11.3. The van der Waals surface area contributed by atoms with Crippen LogP contribution in [0.1, 0.15) is 5.76 Å². The van der Waals surface area contributed by atoms with Gasteiger partial charge in [-0.05, 0) is 66.7 Å². The Morgan fingerprint density at radius 2 is 1.79 bits per heavy atom. The predicted octanol–water partition coefficient (Wildman–Crippen LogP) is 7.11. The van der Waals surface area contributed by atoms with Gasteiger partial charge in [-0.1, -0.05) is 23.2 Å². The SMILES string of the molecule is O=C(C=Cc1ccc(-c2ccc(Cl)cc2Cl)o1)Nc1ccc2oc(-c3ccncc3)nc2c1. The fraction of sp³-hybridized carbons (Fsp3) is 0. The van der Waals surface area contributed by atoms with E-state index in [4.69, 9.17) is 32.0 Å². The highest BCUT2D eigenvalue weighted by molar-refractivity contribution is 6.36. The monoisotopic (exact) mass is 475 g/mol. The van der Waals surface area contributed by atoms with Crippen LogP contribution in [0.3, 0.4) is 0 Å². The van der Waals surface area contributed by atoms with Gasteiger partial charge in [0.25, 0.3) is 0 Å². The highest BCUT2D eigenvalue weighted by Crippen LogP contribution is 2.32. The maximum Gasteiger partial charge on any atom is 0.248 e. The summed E-state index contributed by atoms with van der Waals surface area (Å²) in [6.07, 6.45) is 6.32. The van der Waals surface area contributed by atoms with E-state index >= 15 is 0 Å². The molecule has 0 fully saturated rings. The van der Waals surface area contributed by atoms with Crippen LogP contribution in [0, 0.1) is 0 Å². The Morgan fingerprint density at radius 1 is 0.939 bits per heavy atom. The molecule has 0 radical (unpaired) electrons. The largest absolute Gasteiger partial charge is 0.457 e. The summed E-state index contributed by atoms with van der Waals surface area (Å²) in [5, 5.41) is 3.84. The van der Waals surface area contributed by atoms with Crippen molar-refractivity contribution >= 4 is 52.0 Å². The molecule has 8 heteroatoms. The second-order valence-electron chi connectivity index (χ2n) is 7.09. The number of nitrogens with one attached hydrogen (secondary N) is 1. The molecular formula is C25H15Cl2N3O3. The number of hydrogen-bond donors (Lipinski definition) is 1. The second kappa shape index (κ2) is 8.94. The van der Waals surface area contributed by atoms with Gasteiger partial charge in [-0.3, -0.25) is 9.78 Å². The number of hydrogen-bond acceptors (Lipinski definition) is 5. The molecule has 0 saturated heterocycles. The van der Waals surface area contributed by atoms with Gasteiger partial charge in [0.05, 0.1) is 5.02 Å². The van der Waals surface area contributed by atoms with Crippen molar-refractivity contribution in [3.63, 3.8) is 0 Å². The lowest BCUT2D eigenvalue weighted by molar-refractivity contribution is -0.111. The van der Waals surface area contributed by atoms with Crippen LogP contribution in [0.2, 0.25) is 10.0 Å². The predicted molar refractivity (Wildman–Crippen MR) is 129 cm³/mol. The van der Waals surface area contributed by atoms with Crippen molar-refractivity contribution < 1.29 is 13.6 Å². The number of benzene rings is 2. The van der Waals surface area contributed by atoms with E-state index in [1.165, 1.54) is 6.08 Å². The van der Waals surface area contributed by atoms with Crippen molar-refractivity contribution in [1.82, 2.24) is 9.97 Å². The van der Waals surface area contributed by atoms with Gasteiger partial charge in [0.2, 0.25) is 11.8 Å². The Labute approximate surface area is 198 Å². The quantitative estimate of drug-likeness (QED) is 0.274. The van der Waals surface area contributed by atoms with Crippen LogP contribution < -0.4 is 5.32 Å². The molecule has 5 rings (SSSR count). The van der Waals surface area contributed by atoms with E-state index in [9.17, 15) is 4.79 Å². The third-order valence-electron chi connectivity index (χ3n) is 4.80. The van der Waals surface area contributed by atoms with Crippen LogP contribution in [0.15, 0.2) is 88.0 Å². The zero-order valence-electron chi connectivity index (χ0n) is 17.0. The first-order chi connectivity index (χ1) is 16.0. The van der Waals surface area contributed by atoms with Crippen LogP contribution in [-0.4, -0.2) is 15.9 Å². The van der Waals surface area contributed by atoms with Gasteiger partial charge >= 0.3 is 0 Å². The van der Waals surface area contributed by atoms with Crippen molar-refractivity contribution in [2.24, 2.45) is 0 Å². The first kappa shape index (κ1) is 21.0. The number of anilines is 1. The molecule has 5 aromatic rings. The number of furan rings is 1. The highest BCUT2D eigenvalue weighted by atomic mass is 35.5. The molecule has 162 valence electrons. The average molecular weight is 476 g/mol. The van der Waals surface area contributed by atoms with Crippen LogP contribution in [0.25, 0.3) is 40.0 Å². The van der Waals surface area contributed by atoms with Crippen LogP contribution in [-0.2, 0) is 4.79 Å². The molecule has 33 heavy (non-hydrogen) atoms. The summed E-state index contributed by atoms with van der Waals surface area (Å²) in [7, 11) is 0. The van der Waals surface area contributed by atoms with Gasteiger partial charge < -0.3 is 14.2 Å². The third kappa shape index (κ3) is 4.67. The van der Waals surface area contributed by atoms with Crippen LogP contribution in [0.4, 0.5) is 5.69 Å². The number of nitrogens with zero attached hydrogens (tertiary/aromatic N) is 2. The van der Waals surface area contributed by atoms with Gasteiger partial charge in [0.1, 0.15) is 17.0 Å². The molecule has 0 unspecified atom stereocenters. The molecule has 0 aliphatic rings. The Bertz CT molecular complexity index is 1490. The summed E-state index contributed by atoms with van der Waals surface area (Å²) < 4.78 is 11.6. The molecule has 6 nitrogen and oxygen atoms in total. The minimum atomic E-state index is -0.310. The maximum atomic E-state index is 12.4. The van der Waals surface area contributed by atoms with Gasteiger partial charge in [0, 0.05) is 40.3 Å². The number of aromatic nitrogens is 2. The fourth-order valence-electron chi connectivity index (χ4n) is 3.24. The van der Waals surface area contributed by atoms with E-state index < -0.39 is 0 Å². The summed E-state index contributed by atoms with van der Waals surface area (Å²) >= 11 is 12.2. The number of pyridine rings is 1. The summed E-state index contributed by atoms with van der Waals surface area (Å²) in [4.78, 5) is 20.9. The number of amides is 1. The van der Waals surface area contributed by atoms with Crippen LogP contribution in [0.5, 0.6) is 0 Å².